The minimum Gasteiger partial charge on any atom is -0.456 e. The predicted octanol–water partition coefficient (Wildman–Crippen LogP) is 2.09. The highest BCUT2D eigenvalue weighted by atomic mass is 16.5. The van der Waals surface area contributed by atoms with Crippen molar-refractivity contribution in [2.45, 2.75) is 6.92 Å². The lowest BCUT2D eigenvalue weighted by Crippen LogP contribution is -2.00. The van der Waals surface area contributed by atoms with Crippen LogP contribution in [0.15, 0.2) is 30.3 Å². The Bertz CT molecular complexity index is 614. The molecule has 1 heterocycles. The van der Waals surface area contributed by atoms with Crippen molar-refractivity contribution in [1.82, 2.24) is 4.57 Å². The maximum Gasteiger partial charge on any atom is 0.384 e. The van der Waals surface area contributed by atoms with E-state index in [4.69, 9.17) is 4.74 Å². The summed E-state index contributed by atoms with van der Waals surface area (Å²) in [5.41, 5.74) is 1.90. The number of carbonyl (C=O) groups excluding carboxylic acids is 1. The molecule has 0 saturated carbocycles. The van der Waals surface area contributed by atoms with Crippen LogP contribution in [0, 0.1) is 11.8 Å². The molecule has 1 aromatic heterocycles. The quantitative estimate of drug-likeness (QED) is 0.552. The molecule has 3 heteroatoms. The van der Waals surface area contributed by atoms with Gasteiger partial charge in [-0.05, 0) is 25.0 Å². The van der Waals surface area contributed by atoms with Gasteiger partial charge in [0, 0.05) is 23.9 Å². The van der Waals surface area contributed by atoms with E-state index in [1.807, 2.05) is 41.9 Å². The Kier molecular flexibility index (Phi) is 3.15. The second-order valence-corrected chi connectivity index (χ2v) is 3.62. The third-order valence-corrected chi connectivity index (χ3v) is 2.52. The number of carbonyl (C=O) groups is 1. The lowest BCUT2D eigenvalue weighted by atomic mass is 10.2. The van der Waals surface area contributed by atoms with Crippen molar-refractivity contribution in [1.29, 1.82) is 0 Å². The zero-order chi connectivity index (χ0) is 12.3. The number of ether oxygens (including phenoxy) is 1. The van der Waals surface area contributed by atoms with E-state index in [-0.39, 0.29) is 0 Å². The molecule has 0 aliphatic heterocycles. The van der Waals surface area contributed by atoms with Gasteiger partial charge in [-0.1, -0.05) is 18.2 Å². The molecule has 0 atom stereocenters. The Morgan fingerprint density at radius 3 is 2.88 bits per heavy atom. The van der Waals surface area contributed by atoms with Crippen LogP contribution in [-0.4, -0.2) is 17.1 Å². The summed E-state index contributed by atoms with van der Waals surface area (Å²) >= 11 is 0. The molecule has 0 aliphatic rings. The molecule has 17 heavy (non-hydrogen) atoms. The van der Waals surface area contributed by atoms with Crippen molar-refractivity contribution in [3.8, 4) is 11.8 Å². The zero-order valence-electron chi connectivity index (χ0n) is 9.86. The SMILES string of the molecule is CCOC(=O)C#Cc1cc2ccccc2n1C. The normalized spacial score (nSPS) is 9.76. The number of hydrogen-bond acceptors (Lipinski definition) is 2. The smallest absolute Gasteiger partial charge is 0.384 e. The molecule has 0 unspecified atom stereocenters. The van der Waals surface area contributed by atoms with Crippen LogP contribution in [0.4, 0.5) is 0 Å². The summed E-state index contributed by atoms with van der Waals surface area (Å²) in [7, 11) is 1.93. The Morgan fingerprint density at radius 1 is 1.41 bits per heavy atom. The van der Waals surface area contributed by atoms with Crippen LogP contribution in [-0.2, 0) is 16.6 Å². The molecule has 0 aliphatic carbocycles. The first-order valence-electron chi connectivity index (χ1n) is 5.45. The first-order chi connectivity index (χ1) is 8.22. The predicted molar refractivity (Wildman–Crippen MR) is 66.4 cm³/mol. The van der Waals surface area contributed by atoms with Gasteiger partial charge in [-0.2, -0.15) is 0 Å². The third kappa shape index (κ3) is 2.31. The van der Waals surface area contributed by atoms with Gasteiger partial charge in [0.25, 0.3) is 0 Å². The van der Waals surface area contributed by atoms with Crippen molar-refractivity contribution < 1.29 is 9.53 Å². The molecule has 0 N–H and O–H groups in total. The number of nitrogens with zero attached hydrogens (tertiary/aromatic N) is 1. The Morgan fingerprint density at radius 2 is 2.18 bits per heavy atom. The molecule has 2 rings (SSSR count). The van der Waals surface area contributed by atoms with E-state index in [0.717, 1.165) is 16.6 Å². The lowest BCUT2D eigenvalue weighted by molar-refractivity contribution is -0.136. The third-order valence-electron chi connectivity index (χ3n) is 2.52. The van der Waals surface area contributed by atoms with Crippen molar-refractivity contribution in [2.24, 2.45) is 7.05 Å². The fourth-order valence-electron chi connectivity index (χ4n) is 1.69. The minimum atomic E-state index is -0.488. The summed E-state index contributed by atoms with van der Waals surface area (Å²) in [6.45, 7) is 2.11. The molecule has 0 spiro atoms. The van der Waals surface area contributed by atoms with Gasteiger partial charge in [-0.3, -0.25) is 0 Å². The fourth-order valence-corrected chi connectivity index (χ4v) is 1.69. The Hall–Kier alpha value is -2.21. The van der Waals surface area contributed by atoms with Crippen LogP contribution in [0.2, 0.25) is 0 Å². The molecule has 0 saturated heterocycles. The van der Waals surface area contributed by atoms with Crippen LogP contribution in [0.1, 0.15) is 12.6 Å². The second-order valence-electron chi connectivity index (χ2n) is 3.62. The maximum atomic E-state index is 11.1. The summed E-state index contributed by atoms with van der Waals surface area (Å²) in [6.07, 6.45) is 0. The van der Waals surface area contributed by atoms with E-state index >= 15 is 0 Å². The average Bonchev–Trinajstić information content (AvgIpc) is 2.65. The van der Waals surface area contributed by atoms with Crippen molar-refractivity contribution in [3.63, 3.8) is 0 Å². The first kappa shape index (κ1) is 11.3. The van der Waals surface area contributed by atoms with Gasteiger partial charge in [0.15, 0.2) is 0 Å². The number of esters is 1. The van der Waals surface area contributed by atoms with Gasteiger partial charge >= 0.3 is 5.97 Å². The van der Waals surface area contributed by atoms with Crippen LogP contribution < -0.4 is 0 Å². The molecule has 2 aromatic rings. The van der Waals surface area contributed by atoms with Gasteiger partial charge in [0.1, 0.15) is 0 Å². The van der Waals surface area contributed by atoms with Gasteiger partial charge in [-0.25, -0.2) is 4.79 Å². The van der Waals surface area contributed by atoms with E-state index in [2.05, 4.69) is 11.8 Å². The van der Waals surface area contributed by atoms with Gasteiger partial charge in [0.2, 0.25) is 0 Å². The number of aryl methyl sites for hydroxylation is 1. The fraction of sp³-hybridized carbons (Fsp3) is 0.214. The molecule has 0 fully saturated rings. The monoisotopic (exact) mass is 227 g/mol. The zero-order valence-corrected chi connectivity index (χ0v) is 9.86. The number of rotatable bonds is 1. The van der Waals surface area contributed by atoms with E-state index in [1.165, 1.54) is 0 Å². The van der Waals surface area contributed by atoms with E-state index in [1.54, 1.807) is 6.92 Å². The number of aromatic nitrogens is 1. The topological polar surface area (TPSA) is 31.2 Å². The number of hydrogen-bond donors (Lipinski definition) is 0. The van der Waals surface area contributed by atoms with Crippen LogP contribution in [0.5, 0.6) is 0 Å². The standard InChI is InChI=1S/C14H13NO2/c1-3-17-14(16)9-8-12-10-11-6-4-5-7-13(11)15(12)2/h4-7,10H,3H2,1-2H3. The summed E-state index contributed by atoms with van der Waals surface area (Å²) in [5.74, 6) is 4.81. The van der Waals surface area contributed by atoms with Crippen LogP contribution >= 0.6 is 0 Å². The van der Waals surface area contributed by atoms with E-state index < -0.39 is 5.97 Å². The summed E-state index contributed by atoms with van der Waals surface area (Å²) < 4.78 is 6.72. The van der Waals surface area contributed by atoms with Crippen LogP contribution in [0.3, 0.4) is 0 Å². The molecule has 0 radical (unpaired) electrons. The number of fused-ring (bicyclic) bond motifs is 1. The van der Waals surface area contributed by atoms with Gasteiger partial charge < -0.3 is 9.30 Å². The number of para-hydroxylation sites is 1. The van der Waals surface area contributed by atoms with E-state index in [0.29, 0.717) is 6.61 Å². The summed E-state index contributed by atoms with van der Waals surface area (Å²) in [5, 5.41) is 1.11. The minimum absolute atomic E-state index is 0.350. The summed E-state index contributed by atoms with van der Waals surface area (Å²) in [6, 6.07) is 9.95. The Labute approximate surface area is 100.0 Å². The first-order valence-corrected chi connectivity index (χ1v) is 5.45. The Balaban J connectivity index is 2.36. The molecule has 86 valence electrons. The van der Waals surface area contributed by atoms with E-state index in [9.17, 15) is 4.79 Å². The molecule has 1 aromatic carbocycles. The highest BCUT2D eigenvalue weighted by Gasteiger charge is 2.02. The van der Waals surface area contributed by atoms with Gasteiger partial charge in [0.05, 0.1) is 12.3 Å². The maximum absolute atomic E-state index is 11.1. The second kappa shape index (κ2) is 4.75. The average molecular weight is 227 g/mol. The molecular weight excluding hydrogens is 214 g/mol. The lowest BCUT2D eigenvalue weighted by Gasteiger charge is -1.96. The largest absolute Gasteiger partial charge is 0.456 e. The van der Waals surface area contributed by atoms with Crippen molar-refractivity contribution in [3.05, 3.63) is 36.0 Å². The molecular formula is C14H13NO2. The summed E-state index contributed by atoms with van der Waals surface area (Å²) in [4.78, 5) is 11.1. The number of benzene rings is 1. The van der Waals surface area contributed by atoms with Crippen molar-refractivity contribution >= 4 is 16.9 Å². The molecule has 3 nitrogen and oxygen atoms in total. The highest BCUT2D eigenvalue weighted by Crippen LogP contribution is 2.17. The van der Waals surface area contributed by atoms with Crippen molar-refractivity contribution in [2.75, 3.05) is 6.61 Å². The highest BCUT2D eigenvalue weighted by molar-refractivity contribution is 5.90. The van der Waals surface area contributed by atoms with Gasteiger partial charge in [-0.15, -0.1) is 0 Å². The molecule has 0 amide bonds. The van der Waals surface area contributed by atoms with Crippen LogP contribution in [0.25, 0.3) is 10.9 Å². The molecule has 0 bridgehead atoms.